The van der Waals surface area contributed by atoms with Crippen LogP contribution in [0.2, 0.25) is 0 Å². The molecule has 4 rings (SSSR count). The average molecular weight is 551 g/mol. The largest absolute Gasteiger partial charge is 0.495 e. The Kier molecular flexibility index (Phi) is 9.74. The third kappa shape index (κ3) is 7.16. The van der Waals surface area contributed by atoms with Crippen LogP contribution in [-0.2, 0) is 11.2 Å². The van der Waals surface area contributed by atoms with Gasteiger partial charge in [-0.1, -0.05) is 0 Å². The summed E-state index contributed by atoms with van der Waals surface area (Å²) in [4.78, 5) is 31.3. The molecule has 3 heterocycles. The van der Waals surface area contributed by atoms with E-state index in [0.717, 1.165) is 50.4 Å². The number of nitrogens with zero attached hydrogens (tertiary/aromatic N) is 2. The van der Waals surface area contributed by atoms with E-state index in [1.807, 2.05) is 6.07 Å². The number of methoxy groups -OCH3 is 1. The van der Waals surface area contributed by atoms with Gasteiger partial charge in [0.25, 0.3) is 5.91 Å². The molecule has 1 aromatic heterocycles. The van der Waals surface area contributed by atoms with E-state index in [4.69, 9.17) is 15.9 Å². The van der Waals surface area contributed by atoms with Crippen LogP contribution in [0.4, 0.5) is 21.6 Å². The summed E-state index contributed by atoms with van der Waals surface area (Å²) < 4.78 is 19.5. The third-order valence-corrected chi connectivity index (χ3v) is 7.74. The van der Waals surface area contributed by atoms with E-state index in [9.17, 15) is 14.0 Å². The molecule has 0 spiro atoms. The number of allylic oxidation sites excluding steroid dienone is 1. The van der Waals surface area contributed by atoms with Gasteiger partial charge in [0.15, 0.2) is 0 Å². The van der Waals surface area contributed by atoms with Crippen LogP contribution >= 0.6 is 0 Å². The molecule has 3 atom stereocenters. The number of hydrogen-bond acceptors (Lipinski definition) is 7. The fourth-order valence-electron chi connectivity index (χ4n) is 5.58. The lowest BCUT2D eigenvalue weighted by Gasteiger charge is -2.35. The lowest BCUT2D eigenvalue weighted by Crippen LogP contribution is -2.41. The monoisotopic (exact) mass is 550 g/mol. The maximum absolute atomic E-state index is 13.9. The highest BCUT2D eigenvalue weighted by molar-refractivity contribution is 5.96. The van der Waals surface area contributed by atoms with E-state index in [1.165, 1.54) is 13.2 Å². The summed E-state index contributed by atoms with van der Waals surface area (Å²) in [5.74, 6) is 0.830. The van der Waals surface area contributed by atoms with Crippen molar-refractivity contribution in [1.82, 2.24) is 15.2 Å². The van der Waals surface area contributed by atoms with Crippen LogP contribution in [0.5, 0.6) is 5.75 Å². The van der Waals surface area contributed by atoms with Gasteiger partial charge in [-0.3, -0.25) is 9.59 Å². The van der Waals surface area contributed by atoms with Crippen molar-refractivity contribution in [2.45, 2.75) is 70.4 Å². The molecular formula is C30H39FN6O3. The molecule has 2 aliphatic heterocycles. The first-order valence-electron chi connectivity index (χ1n) is 13.9. The van der Waals surface area contributed by atoms with Gasteiger partial charge in [0.1, 0.15) is 11.6 Å². The number of aryl methyl sites for hydroxylation is 1. The predicted molar refractivity (Wildman–Crippen MR) is 155 cm³/mol. The normalized spacial score (nSPS) is 19.6. The van der Waals surface area contributed by atoms with Gasteiger partial charge < -0.3 is 31.4 Å². The lowest BCUT2D eigenvalue weighted by molar-refractivity contribution is -0.130. The van der Waals surface area contributed by atoms with E-state index in [1.54, 1.807) is 31.3 Å². The van der Waals surface area contributed by atoms with Crippen molar-refractivity contribution in [1.29, 1.82) is 5.41 Å². The van der Waals surface area contributed by atoms with E-state index < -0.39 is 6.04 Å². The van der Waals surface area contributed by atoms with Gasteiger partial charge in [0.2, 0.25) is 5.91 Å². The van der Waals surface area contributed by atoms with Crippen molar-refractivity contribution in [2.75, 3.05) is 24.7 Å². The molecule has 0 aliphatic carbocycles. The van der Waals surface area contributed by atoms with Crippen LogP contribution in [0.15, 0.2) is 42.4 Å². The smallest absolute Gasteiger partial charge is 0.251 e. The number of nitrogens with two attached hydrogens (primary N) is 1. The molecule has 1 aromatic carbocycles. The van der Waals surface area contributed by atoms with E-state index in [0.29, 0.717) is 53.3 Å². The van der Waals surface area contributed by atoms with E-state index in [2.05, 4.69) is 20.5 Å². The number of benzene rings is 1. The Hall–Kier alpha value is -3.95. The molecule has 214 valence electrons. The maximum atomic E-state index is 13.9. The molecule has 2 aromatic rings. The molecule has 40 heavy (non-hydrogen) atoms. The van der Waals surface area contributed by atoms with Crippen molar-refractivity contribution in [3.05, 3.63) is 53.5 Å². The number of carbonyl (C=O) groups is 2. The number of rotatable bonds is 12. The number of carbonyl (C=O) groups excluding carboxylic acids is 2. The third-order valence-electron chi connectivity index (χ3n) is 7.74. The molecule has 0 radical (unpaired) electrons. The number of aromatic nitrogens is 1. The standard InChI is InChI=1S/C30H39FN6O3/c1-19(16-23(31)4-3-14-32)35-30(39)22-8-11-25(26(17-22)40-2)36-28-21(13-15-34-29(28)33)7-5-20-6-9-24-10-12-27(38)37(24)18-20/h8,11,13-17,19-20,24,32,36H,3-7,9-10,12,18H2,1-2H3,(H2,33,34)(H,35,39). The molecule has 10 heteroatoms. The van der Waals surface area contributed by atoms with E-state index >= 15 is 0 Å². The topological polar surface area (TPSA) is 133 Å². The molecule has 9 nitrogen and oxygen atoms in total. The molecule has 5 N–H and O–H groups in total. The van der Waals surface area contributed by atoms with Crippen molar-refractivity contribution < 1.29 is 18.7 Å². The van der Waals surface area contributed by atoms with Gasteiger partial charge in [0, 0.05) is 43.2 Å². The first kappa shape index (κ1) is 29.0. The zero-order valence-corrected chi connectivity index (χ0v) is 23.2. The van der Waals surface area contributed by atoms with Crippen molar-refractivity contribution in [3.63, 3.8) is 0 Å². The number of halogens is 1. The van der Waals surface area contributed by atoms with Gasteiger partial charge >= 0.3 is 0 Å². The Bertz CT molecular complexity index is 1270. The second-order valence-electron chi connectivity index (χ2n) is 10.6. The average Bonchev–Trinajstić information content (AvgIpc) is 3.31. The predicted octanol–water partition coefficient (Wildman–Crippen LogP) is 5.15. The highest BCUT2D eigenvalue weighted by atomic mass is 19.1. The molecule has 3 unspecified atom stereocenters. The second-order valence-corrected chi connectivity index (χ2v) is 10.6. The first-order chi connectivity index (χ1) is 19.3. The summed E-state index contributed by atoms with van der Waals surface area (Å²) in [6.07, 6.45) is 10.3. The summed E-state index contributed by atoms with van der Waals surface area (Å²) in [6, 6.07) is 6.90. The van der Waals surface area contributed by atoms with Crippen molar-refractivity contribution in [2.24, 2.45) is 5.92 Å². The van der Waals surface area contributed by atoms with Gasteiger partial charge in [-0.2, -0.15) is 0 Å². The summed E-state index contributed by atoms with van der Waals surface area (Å²) >= 11 is 0. The highest BCUT2D eigenvalue weighted by Crippen LogP contribution is 2.35. The Morgan fingerprint density at radius 3 is 2.92 bits per heavy atom. The van der Waals surface area contributed by atoms with Crippen LogP contribution < -0.4 is 21.1 Å². The molecule has 2 amide bonds. The van der Waals surface area contributed by atoms with Crippen LogP contribution in [0, 0.1) is 11.3 Å². The number of nitrogens with one attached hydrogen (secondary N) is 3. The summed E-state index contributed by atoms with van der Waals surface area (Å²) in [5, 5.41) is 13.1. The highest BCUT2D eigenvalue weighted by Gasteiger charge is 2.36. The fraction of sp³-hybridized carbons (Fsp3) is 0.467. The Balaban J connectivity index is 1.42. The Morgan fingerprint density at radius 1 is 1.32 bits per heavy atom. The number of fused-ring (bicyclic) bond motifs is 1. The van der Waals surface area contributed by atoms with Gasteiger partial charge in [-0.25, -0.2) is 9.37 Å². The second kappa shape index (κ2) is 13.4. The van der Waals surface area contributed by atoms with Crippen LogP contribution in [0.3, 0.4) is 0 Å². The fourth-order valence-corrected chi connectivity index (χ4v) is 5.58. The molecule has 0 bridgehead atoms. The zero-order valence-electron chi connectivity index (χ0n) is 23.2. The minimum atomic E-state index is -0.515. The molecular weight excluding hydrogens is 511 g/mol. The summed E-state index contributed by atoms with van der Waals surface area (Å²) in [5.41, 5.74) is 9.01. The number of piperidine rings is 1. The van der Waals surface area contributed by atoms with E-state index in [-0.39, 0.29) is 24.1 Å². The maximum Gasteiger partial charge on any atom is 0.251 e. The van der Waals surface area contributed by atoms with Gasteiger partial charge in [-0.05, 0) is 93.5 Å². The number of pyridine rings is 1. The summed E-state index contributed by atoms with van der Waals surface area (Å²) in [7, 11) is 1.52. The molecule has 2 fully saturated rings. The SMILES string of the molecule is COc1cc(C(=O)NC(C)C=C(F)CCC=N)ccc1Nc1c(CCC2CCC3CCC(=O)N3C2)ccnc1N. The van der Waals surface area contributed by atoms with Gasteiger partial charge in [0.05, 0.1) is 24.3 Å². The number of hydrogen-bond donors (Lipinski definition) is 4. The molecule has 2 saturated heterocycles. The van der Waals surface area contributed by atoms with Crippen LogP contribution in [-0.4, -0.2) is 53.7 Å². The Labute approximate surface area is 234 Å². The van der Waals surface area contributed by atoms with Crippen molar-refractivity contribution >= 4 is 35.2 Å². The minimum Gasteiger partial charge on any atom is -0.495 e. The van der Waals surface area contributed by atoms with Crippen LogP contribution in [0.1, 0.15) is 67.8 Å². The minimum absolute atomic E-state index is 0.136. The molecule has 2 aliphatic rings. The van der Waals surface area contributed by atoms with Crippen molar-refractivity contribution in [3.8, 4) is 5.75 Å². The lowest BCUT2D eigenvalue weighted by atomic mass is 9.88. The number of amides is 2. The van der Waals surface area contributed by atoms with Gasteiger partial charge in [-0.15, -0.1) is 0 Å². The first-order valence-corrected chi connectivity index (χ1v) is 13.9. The quantitative estimate of drug-likeness (QED) is 0.270. The summed E-state index contributed by atoms with van der Waals surface area (Å²) in [6.45, 7) is 2.52. The van der Waals surface area contributed by atoms with Crippen LogP contribution in [0.25, 0.3) is 0 Å². The molecule has 0 saturated carbocycles. The Morgan fingerprint density at radius 2 is 2.15 bits per heavy atom. The number of anilines is 3. The number of ether oxygens (including phenoxy) is 1. The zero-order chi connectivity index (χ0) is 28.6. The number of nitrogen functional groups attached to an aromatic ring is 1.